The Kier molecular flexibility index (Phi) is 10.0. The number of ether oxygens (including phenoxy) is 3. The molecule has 0 radical (unpaired) electrons. The maximum Gasteiger partial charge on any atom is 0.345 e. The van der Waals surface area contributed by atoms with Crippen LogP contribution >= 0.6 is 0 Å². The van der Waals surface area contributed by atoms with E-state index in [0.29, 0.717) is 17.4 Å². The number of aldehydes is 1. The number of benzene rings is 2. The number of aliphatic hydroxyl groups excluding tert-OH is 1. The molecule has 4 aromatic rings. The lowest BCUT2D eigenvalue weighted by Gasteiger charge is -2.10. The van der Waals surface area contributed by atoms with Crippen LogP contribution in [0, 0.1) is 0 Å². The Morgan fingerprint density at radius 2 is 1.33 bits per heavy atom. The van der Waals surface area contributed by atoms with Crippen LogP contribution in [0.25, 0.3) is 12.2 Å². The van der Waals surface area contributed by atoms with Gasteiger partial charge in [-0.15, -0.1) is 0 Å². The van der Waals surface area contributed by atoms with Crippen molar-refractivity contribution in [1.82, 2.24) is 9.97 Å². The number of aromatic nitrogens is 2. The van der Waals surface area contributed by atoms with Gasteiger partial charge in [-0.05, 0) is 71.8 Å². The minimum Gasteiger partial charge on any atom is -0.508 e. The molecule has 10 nitrogen and oxygen atoms in total. The lowest BCUT2D eigenvalue weighted by atomic mass is 10.1. The average Bonchev–Trinajstić information content (AvgIpc) is 3.04. The first-order chi connectivity index (χ1) is 20.9. The Bertz CT molecular complexity index is 1730. The first-order valence-corrected chi connectivity index (χ1v) is 12.7. The molecule has 0 aliphatic rings. The minimum atomic E-state index is -0.665. The van der Waals surface area contributed by atoms with Gasteiger partial charge in [0.1, 0.15) is 11.5 Å². The number of allylic oxidation sites excluding steroid dienone is 3. The maximum absolute atomic E-state index is 12.4. The fourth-order valence-corrected chi connectivity index (χ4v) is 3.61. The van der Waals surface area contributed by atoms with Crippen LogP contribution in [0.2, 0.25) is 0 Å². The van der Waals surface area contributed by atoms with E-state index in [1.54, 1.807) is 54.7 Å². The van der Waals surface area contributed by atoms with Crippen molar-refractivity contribution in [2.45, 2.75) is 0 Å². The summed E-state index contributed by atoms with van der Waals surface area (Å²) < 4.78 is 16.0. The van der Waals surface area contributed by atoms with E-state index in [9.17, 15) is 24.3 Å². The third kappa shape index (κ3) is 8.41. The molecule has 0 saturated heterocycles. The highest BCUT2D eigenvalue weighted by Crippen LogP contribution is 2.29. The quantitative estimate of drug-likeness (QED) is 0.0610. The molecule has 1 N–H and O–H groups in total. The van der Waals surface area contributed by atoms with Gasteiger partial charge in [0.05, 0.1) is 23.8 Å². The topological polar surface area (TPSA) is 142 Å². The molecular formula is C33H24N2O8. The average molecular weight is 577 g/mol. The number of hydrogen-bond donors (Lipinski definition) is 1. The largest absolute Gasteiger partial charge is 0.508 e. The van der Waals surface area contributed by atoms with Crippen molar-refractivity contribution in [3.05, 3.63) is 137 Å². The Labute approximate surface area is 246 Å². The van der Waals surface area contributed by atoms with Crippen LogP contribution in [-0.4, -0.2) is 46.2 Å². The summed E-state index contributed by atoms with van der Waals surface area (Å²) in [7, 11) is 1.42. The molecule has 2 aromatic carbocycles. The van der Waals surface area contributed by atoms with Gasteiger partial charge in [0.2, 0.25) is 0 Å². The van der Waals surface area contributed by atoms with E-state index in [-0.39, 0.29) is 39.7 Å². The number of rotatable bonds is 11. The second-order valence-corrected chi connectivity index (χ2v) is 8.73. The third-order valence-electron chi connectivity index (χ3n) is 5.73. The SMILES string of the molecule is COc1cc(/C=C/C(O)=C/C(=O)/C=C/c2ccc(OC(=O)c3cccnc3)c(C=O)c2)ccc1OC(=O)c1cccnc1. The summed E-state index contributed by atoms with van der Waals surface area (Å²) in [5.41, 5.74) is 1.73. The minimum absolute atomic E-state index is 0.0614. The molecule has 0 aliphatic carbocycles. The molecule has 0 spiro atoms. The van der Waals surface area contributed by atoms with E-state index in [4.69, 9.17) is 14.2 Å². The first-order valence-electron chi connectivity index (χ1n) is 12.7. The molecule has 214 valence electrons. The zero-order chi connectivity index (χ0) is 30.6. The standard InChI is InChI=1S/C33H24N2O8/c1-41-31-17-23(9-13-30(31)43-33(40)25-5-3-15-35-20-25)7-11-28(38)18-27(37)10-6-22-8-12-29(26(16-22)21-36)42-32(39)24-4-2-14-34-19-24/h2-21,38H,1H3/b10-6+,11-7+,28-18-. The monoisotopic (exact) mass is 576 g/mol. The highest BCUT2D eigenvalue weighted by atomic mass is 16.6. The summed E-state index contributed by atoms with van der Waals surface area (Å²) in [4.78, 5) is 56.2. The van der Waals surface area contributed by atoms with Crippen LogP contribution in [-0.2, 0) is 4.79 Å². The lowest BCUT2D eigenvalue weighted by molar-refractivity contribution is -0.110. The highest BCUT2D eigenvalue weighted by Gasteiger charge is 2.14. The fraction of sp³-hybridized carbons (Fsp3) is 0.0303. The van der Waals surface area contributed by atoms with E-state index < -0.39 is 17.7 Å². The maximum atomic E-state index is 12.4. The predicted molar refractivity (Wildman–Crippen MR) is 157 cm³/mol. The number of nitrogens with zero attached hydrogens (tertiary/aromatic N) is 2. The first kappa shape index (κ1) is 29.8. The van der Waals surface area contributed by atoms with Gasteiger partial charge < -0.3 is 19.3 Å². The molecule has 0 unspecified atom stereocenters. The summed E-state index contributed by atoms with van der Waals surface area (Å²) in [6.45, 7) is 0. The summed E-state index contributed by atoms with van der Waals surface area (Å²) in [6, 6.07) is 15.6. The van der Waals surface area contributed by atoms with E-state index >= 15 is 0 Å². The van der Waals surface area contributed by atoms with Crippen molar-refractivity contribution in [1.29, 1.82) is 0 Å². The summed E-state index contributed by atoms with van der Waals surface area (Å²) in [5, 5.41) is 10.2. The molecule has 2 aromatic heterocycles. The summed E-state index contributed by atoms with van der Waals surface area (Å²) in [5.74, 6) is -1.54. The normalized spacial score (nSPS) is 11.3. The number of carbonyl (C=O) groups is 4. The van der Waals surface area contributed by atoms with Gasteiger partial charge in [-0.25, -0.2) is 9.59 Å². The number of methoxy groups -OCH3 is 1. The van der Waals surface area contributed by atoms with Crippen LogP contribution in [0.4, 0.5) is 0 Å². The molecule has 0 saturated carbocycles. The zero-order valence-corrected chi connectivity index (χ0v) is 22.7. The van der Waals surface area contributed by atoms with Crippen LogP contribution in [0.5, 0.6) is 17.2 Å². The summed E-state index contributed by atoms with van der Waals surface area (Å²) >= 11 is 0. The number of esters is 2. The Morgan fingerprint density at radius 3 is 1.91 bits per heavy atom. The van der Waals surface area contributed by atoms with E-state index in [0.717, 1.165) is 6.08 Å². The van der Waals surface area contributed by atoms with Crippen molar-refractivity contribution >= 4 is 36.2 Å². The number of carbonyl (C=O) groups excluding carboxylic acids is 4. The second kappa shape index (κ2) is 14.5. The molecule has 0 atom stereocenters. The molecule has 2 heterocycles. The van der Waals surface area contributed by atoms with Gasteiger partial charge in [0.25, 0.3) is 0 Å². The number of pyridine rings is 2. The Balaban J connectivity index is 1.38. The van der Waals surface area contributed by atoms with Gasteiger partial charge in [-0.2, -0.15) is 0 Å². The molecule has 10 heteroatoms. The Hall–Kier alpha value is -6.16. The number of ketones is 1. The predicted octanol–water partition coefficient (Wildman–Crippen LogP) is 5.47. The van der Waals surface area contributed by atoms with Gasteiger partial charge in [0.15, 0.2) is 23.6 Å². The van der Waals surface area contributed by atoms with Crippen molar-refractivity contribution in [3.63, 3.8) is 0 Å². The van der Waals surface area contributed by atoms with Crippen LogP contribution in [0.3, 0.4) is 0 Å². The summed E-state index contributed by atoms with van der Waals surface area (Å²) in [6.07, 6.45) is 12.9. The van der Waals surface area contributed by atoms with E-state index in [1.807, 2.05) is 0 Å². The zero-order valence-electron chi connectivity index (χ0n) is 22.7. The van der Waals surface area contributed by atoms with Crippen molar-refractivity contribution in [3.8, 4) is 17.2 Å². The van der Waals surface area contributed by atoms with Crippen molar-refractivity contribution < 1.29 is 38.5 Å². The van der Waals surface area contributed by atoms with Gasteiger partial charge in [-0.3, -0.25) is 19.6 Å². The smallest absolute Gasteiger partial charge is 0.345 e. The second-order valence-electron chi connectivity index (χ2n) is 8.73. The lowest BCUT2D eigenvalue weighted by Crippen LogP contribution is -2.10. The van der Waals surface area contributed by atoms with Crippen molar-refractivity contribution in [2.75, 3.05) is 7.11 Å². The van der Waals surface area contributed by atoms with Crippen LogP contribution < -0.4 is 14.2 Å². The fourth-order valence-electron chi connectivity index (χ4n) is 3.61. The molecule has 0 amide bonds. The molecule has 4 rings (SSSR count). The van der Waals surface area contributed by atoms with Gasteiger partial charge in [0, 0.05) is 30.9 Å². The van der Waals surface area contributed by atoms with Gasteiger partial charge in [-0.1, -0.05) is 24.3 Å². The molecule has 0 bridgehead atoms. The van der Waals surface area contributed by atoms with Crippen molar-refractivity contribution in [2.24, 2.45) is 0 Å². The Morgan fingerprint density at radius 1 is 0.744 bits per heavy atom. The molecular weight excluding hydrogens is 552 g/mol. The molecule has 0 fully saturated rings. The number of aliphatic hydroxyl groups is 1. The van der Waals surface area contributed by atoms with Crippen LogP contribution in [0.15, 0.2) is 109 Å². The van der Waals surface area contributed by atoms with Gasteiger partial charge >= 0.3 is 11.9 Å². The van der Waals surface area contributed by atoms with E-state index in [1.165, 1.54) is 62.1 Å². The van der Waals surface area contributed by atoms with E-state index in [2.05, 4.69) is 9.97 Å². The van der Waals surface area contributed by atoms with Crippen LogP contribution in [0.1, 0.15) is 42.2 Å². The highest BCUT2D eigenvalue weighted by molar-refractivity contribution is 6.02. The third-order valence-corrected chi connectivity index (χ3v) is 5.73. The molecule has 43 heavy (non-hydrogen) atoms. The number of hydrogen-bond acceptors (Lipinski definition) is 10. The molecule has 0 aliphatic heterocycles.